The summed E-state index contributed by atoms with van der Waals surface area (Å²) in [6.07, 6.45) is 3.69. The summed E-state index contributed by atoms with van der Waals surface area (Å²) >= 11 is 1.17. The molecule has 1 heterocycles. The van der Waals surface area contributed by atoms with E-state index in [4.69, 9.17) is 5.11 Å². The van der Waals surface area contributed by atoms with Crippen molar-refractivity contribution >= 4 is 17.7 Å². The van der Waals surface area contributed by atoms with Crippen molar-refractivity contribution in [3.05, 3.63) is 0 Å². The molecule has 0 amide bonds. The first-order valence-corrected chi connectivity index (χ1v) is 6.74. The van der Waals surface area contributed by atoms with Crippen LogP contribution in [0, 0.1) is 11.8 Å². The van der Waals surface area contributed by atoms with E-state index in [0.29, 0.717) is 11.1 Å². The summed E-state index contributed by atoms with van der Waals surface area (Å²) in [5.41, 5.74) is 0. The zero-order chi connectivity index (χ0) is 12.3. The number of aliphatic carboxylic acids is 1. The van der Waals surface area contributed by atoms with Crippen LogP contribution in [0.4, 0.5) is 0 Å². The Morgan fingerprint density at radius 3 is 3.06 bits per heavy atom. The predicted octanol–water partition coefficient (Wildman–Crippen LogP) is 1.29. The normalized spacial score (nSPS) is 24.1. The maximum absolute atomic E-state index is 10.5. The number of nitrogens with zero attached hydrogens (tertiary/aromatic N) is 4. The van der Waals surface area contributed by atoms with E-state index in [-0.39, 0.29) is 5.75 Å². The molecule has 1 saturated carbocycles. The maximum Gasteiger partial charge on any atom is 0.313 e. The largest absolute Gasteiger partial charge is 0.481 e. The van der Waals surface area contributed by atoms with Crippen molar-refractivity contribution in [2.45, 2.75) is 37.9 Å². The number of carboxylic acid groups (broad SMARTS) is 1. The van der Waals surface area contributed by atoms with Crippen LogP contribution in [-0.4, -0.2) is 37.0 Å². The molecule has 0 spiro atoms. The topological polar surface area (TPSA) is 80.9 Å². The van der Waals surface area contributed by atoms with E-state index in [1.807, 2.05) is 0 Å². The number of carboxylic acids is 1. The second-order valence-corrected chi connectivity index (χ2v) is 5.55. The van der Waals surface area contributed by atoms with E-state index in [1.165, 1.54) is 31.0 Å². The number of rotatable bonds is 5. The molecule has 1 aromatic rings. The van der Waals surface area contributed by atoms with Gasteiger partial charge in [-0.1, -0.05) is 25.1 Å². The fourth-order valence-corrected chi connectivity index (χ4v) is 2.88. The Morgan fingerprint density at radius 1 is 1.59 bits per heavy atom. The van der Waals surface area contributed by atoms with Gasteiger partial charge in [0.15, 0.2) is 0 Å². The van der Waals surface area contributed by atoms with Crippen molar-refractivity contribution in [2.75, 3.05) is 5.75 Å². The molecule has 1 N–H and O–H groups in total. The molecule has 0 aromatic carbocycles. The van der Waals surface area contributed by atoms with Gasteiger partial charge in [0, 0.05) is 6.54 Å². The average molecular weight is 256 g/mol. The number of hydrogen-bond acceptors (Lipinski definition) is 5. The summed E-state index contributed by atoms with van der Waals surface area (Å²) in [6, 6.07) is 0. The minimum Gasteiger partial charge on any atom is -0.481 e. The monoisotopic (exact) mass is 256 g/mol. The van der Waals surface area contributed by atoms with Gasteiger partial charge in [0.1, 0.15) is 0 Å². The van der Waals surface area contributed by atoms with Gasteiger partial charge in [-0.2, -0.15) is 0 Å². The van der Waals surface area contributed by atoms with Crippen molar-refractivity contribution in [3.8, 4) is 0 Å². The van der Waals surface area contributed by atoms with E-state index >= 15 is 0 Å². The summed E-state index contributed by atoms with van der Waals surface area (Å²) in [4.78, 5) is 10.5. The molecule has 1 aliphatic carbocycles. The molecule has 17 heavy (non-hydrogen) atoms. The van der Waals surface area contributed by atoms with Crippen LogP contribution in [0.3, 0.4) is 0 Å². The molecule has 7 heteroatoms. The Balaban J connectivity index is 1.92. The highest BCUT2D eigenvalue weighted by atomic mass is 32.2. The molecule has 1 aromatic heterocycles. The lowest BCUT2D eigenvalue weighted by atomic mass is 10.1. The highest BCUT2D eigenvalue weighted by molar-refractivity contribution is 7.99. The van der Waals surface area contributed by atoms with Crippen LogP contribution >= 0.6 is 11.8 Å². The summed E-state index contributed by atoms with van der Waals surface area (Å²) in [7, 11) is 0. The van der Waals surface area contributed by atoms with E-state index < -0.39 is 5.97 Å². The number of tetrazole rings is 1. The van der Waals surface area contributed by atoms with Crippen molar-refractivity contribution in [1.82, 2.24) is 20.2 Å². The zero-order valence-electron chi connectivity index (χ0n) is 9.74. The fraction of sp³-hybridized carbons (Fsp3) is 0.800. The van der Waals surface area contributed by atoms with Crippen LogP contribution in [0.5, 0.6) is 0 Å². The van der Waals surface area contributed by atoms with Gasteiger partial charge >= 0.3 is 5.97 Å². The Bertz CT molecular complexity index is 395. The molecule has 0 saturated heterocycles. The SMILES string of the molecule is CC1CCC(Cn2nnnc2SCC(=O)O)C1. The Hall–Kier alpha value is -1.11. The van der Waals surface area contributed by atoms with E-state index in [2.05, 4.69) is 22.4 Å². The van der Waals surface area contributed by atoms with Crippen LogP contribution in [0.2, 0.25) is 0 Å². The van der Waals surface area contributed by atoms with E-state index in [9.17, 15) is 4.79 Å². The standard InChI is InChI=1S/C10H16N4O2S/c1-7-2-3-8(4-7)5-14-10(11-12-13-14)17-6-9(15)16/h7-8H,2-6H2,1H3,(H,15,16). The molecular formula is C10H16N4O2S. The van der Waals surface area contributed by atoms with Crippen molar-refractivity contribution in [2.24, 2.45) is 11.8 Å². The van der Waals surface area contributed by atoms with Gasteiger partial charge in [-0.15, -0.1) is 5.10 Å². The third-order valence-electron chi connectivity index (χ3n) is 3.06. The van der Waals surface area contributed by atoms with Crippen LogP contribution in [0.15, 0.2) is 5.16 Å². The number of hydrogen-bond donors (Lipinski definition) is 1. The molecule has 2 atom stereocenters. The van der Waals surface area contributed by atoms with Crippen LogP contribution in [0.25, 0.3) is 0 Å². The molecule has 94 valence electrons. The highest BCUT2D eigenvalue weighted by Gasteiger charge is 2.23. The van der Waals surface area contributed by atoms with Gasteiger partial charge in [0.25, 0.3) is 0 Å². The van der Waals surface area contributed by atoms with Crippen LogP contribution < -0.4 is 0 Å². The minimum absolute atomic E-state index is 0.00143. The van der Waals surface area contributed by atoms with Gasteiger partial charge in [-0.05, 0) is 35.1 Å². The lowest BCUT2D eigenvalue weighted by Gasteiger charge is -2.09. The van der Waals surface area contributed by atoms with Gasteiger partial charge < -0.3 is 5.11 Å². The van der Waals surface area contributed by atoms with Gasteiger partial charge in [0.05, 0.1) is 5.75 Å². The van der Waals surface area contributed by atoms with Gasteiger partial charge in [-0.25, -0.2) is 4.68 Å². The van der Waals surface area contributed by atoms with Gasteiger partial charge in [-0.3, -0.25) is 4.79 Å². The smallest absolute Gasteiger partial charge is 0.313 e. The molecule has 2 unspecified atom stereocenters. The molecule has 6 nitrogen and oxygen atoms in total. The molecule has 0 aliphatic heterocycles. The molecule has 0 bridgehead atoms. The zero-order valence-corrected chi connectivity index (χ0v) is 10.6. The van der Waals surface area contributed by atoms with Gasteiger partial charge in [0.2, 0.25) is 5.16 Å². The molecule has 1 aliphatic rings. The molecular weight excluding hydrogens is 240 g/mol. The van der Waals surface area contributed by atoms with Crippen LogP contribution in [-0.2, 0) is 11.3 Å². The lowest BCUT2D eigenvalue weighted by molar-refractivity contribution is -0.133. The summed E-state index contributed by atoms with van der Waals surface area (Å²) in [6.45, 7) is 3.07. The Kier molecular flexibility index (Phi) is 3.98. The van der Waals surface area contributed by atoms with E-state index in [1.54, 1.807) is 4.68 Å². The summed E-state index contributed by atoms with van der Waals surface area (Å²) < 4.78 is 1.73. The third-order valence-corrected chi connectivity index (χ3v) is 4.00. The first kappa shape index (κ1) is 12.3. The molecule has 2 rings (SSSR count). The first-order chi connectivity index (χ1) is 8.15. The van der Waals surface area contributed by atoms with Crippen molar-refractivity contribution in [3.63, 3.8) is 0 Å². The Labute approximate surface area is 104 Å². The Morgan fingerprint density at radius 2 is 2.41 bits per heavy atom. The number of aromatic nitrogens is 4. The predicted molar refractivity (Wildman–Crippen MR) is 62.7 cm³/mol. The maximum atomic E-state index is 10.5. The third kappa shape index (κ3) is 3.42. The lowest BCUT2D eigenvalue weighted by Crippen LogP contribution is -2.11. The fourth-order valence-electron chi connectivity index (χ4n) is 2.28. The quantitative estimate of drug-likeness (QED) is 0.799. The van der Waals surface area contributed by atoms with Crippen molar-refractivity contribution in [1.29, 1.82) is 0 Å². The average Bonchev–Trinajstić information content (AvgIpc) is 2.86. The molecule has 0 radical (unpaired) electrons. The summed E-state index contributed by atoms with van der Waals surface area (Å²) in [5.74, 6) is 0.560. The van der Waals surface area contributed by atoms with E-state index in [0.717, 1.165) is 12.5 Å². The second kappa shape index (κ2) is 5.48. The summed E-state index contributed by atoms with van der Waals surface area (Å²) in [5, 5.41) is 20.6. The molecule has 1 fully saturated rings. The minimum atomic E-state index is -0.848. The highest BCUT2D eigenvalue weighted by Crippen LogP contribution is 2.31. The first-order valence-electron chi connectivity index (χ1n) is 5.76. The second-order valence-electron chi connectivity index (χ2n) is 4.61. The van der Waals surface area contributed by atoms with Crippen LogP contribution in [0.1, 0.15) is 26.2 Å². The number of thioether (sulfide) groups is 1. The number of carbonyl (C=O) groups is 1. The van der Waals surface area contributed by atoms with Crippen molar-refractivity contribution < 1.29 is 9.90 Å².